The fourth-order valence-electron chi connectivity index (χ4n) is 4.12. The molecule has 0 aliphatic carbocycles. The molecule has 2 saturated heterocycles. The van der Waals surface area contributed by atoms with E-state index in [1.165, 1.54) is 12.1 Å². The first kappa shape index (κ1) is 23.0. The predicted molar refractivity (Wildman–Crippen MR) is 119 cm³/mol. The predicted octanol–water partition coefficient (Wildman–Crippen LogP) is 3.58. The number of hydrazone groups is 1. The third kappa shape index (κ3) is 5.08. The number of alkyl halides is 3. The molecule has 0 bridgehead atoms. The number of piperidine rings is 1. The van der Waals surface area contributed by atoms with Crippen molar-refractivity contribution < 1.29 is 17.7 Å². The van der Waals surface area contributed by atoms with E-state index in [1.807, 2.05) is 11.0 Å². The molecule has 2 aliphatic heterocycles. The lowest BCUT2D eigenvalue weighted by molar-refractivity contribution is -0.137. The summed E-state index contributed by atoms with van der Waals surface area (Å²) >= 11 is 0. The average Bonchev–Trinajstić information content (AvgIpc) is 3.48. The minimum Gasteiger partial charge on any atom is -0.316 e. The first-order chi connectivity index (χ1) is 15.8. The number of halogens is 3. The Morgan fingerprint density at radius 3 is 2.70 bits per heavy atom. The average molecular weight is 461 g/mol. The Morgan fingerprint density at radius 1 is 1.33 bits per heavy atom. The highest BCUT2D eigenvalue weighted by Gasteiger charge is 2.42. The molecule has 2 fully saturated rings. The van der Waals surface area contributed by atoms with Gasteiger partial charge in [-0.1, -0.05) is 23.4 Å². The number of nitrogens with one attached hydrogen (secondary N) is 1. The highest BCUT2D eigenvalue weighted by molar-refractivity contribution is 5.89. The van der Waals surface area contributed by atoms with Crippen molar-refractivity contribution in [3.63, 3.8) is 0 Å². The van der Waals surface area contributed by atoms with Gasteiger partial charge in [0.1, 0.15) is 5.84 Å². The maximum Gasteiger partial charge on any atom is 0.416 e. The second kappa shape index (κ2) is 9.34. The van der Waals surface area contributed by atoms with Gasteiger partial charge in [0.05, 0.1) is 18.3 Å². The fourth-order valence-corrected chi connectivity index (χ4v) is 4.12. The molecule has 176 valence electrons. The maximum absolute atomic E-state index is 13.0. The van der Waals surface area contributed by atoms with Gasteiger partial charge in [-0.15, -0.1) is 6.58 Å². The molecular formula is C22H26F3N7O. The molecule has 0 saturated carbocycles. The number of hydrogen-bond donors (Lipinski definition) is 1. The van der Waals surface area contributed by atoms with E-state index >= 15 is 0 Å². The van der Waals surface area contributed by atoms with Gasteiger partial charge in [0.15, 0.2) is 5.82 Å². The Hall–Kier alpha value is -3.21. The van der Waals surface area contributed by atoms with Crippen LogP contribution < -0.4 is 10.2 Å². The maximum atomic E-state index is 13.0. The zero-order valence-corrected chi connectivity index (χ0v) is 18.3. The van der Waals surface area contributed by atoms with Gasteiger partial charge in [0.2, 0.25) is 0 Å². The third-order valence-electron chi connectivity index (χ3n) is 5.90. The Balaban J connectivity index is 1.45. The lowest BCUT2D eigenvalue weighted by Crippen LogP contribution is -2.39. The van der Waals surface area contributed by atoms with E-state index in [0.29, 0.717) is 30.9 Å². The van der Waals surface area contributed by atoms with Crippen molar-refractivity contribution in [1.29, 1.82) is 0 Å². The van der Waals surface area contributed by atoms with E-state index in [0.717, 1.165) is 37.1 Å². The van der Waals surface area contributed by atoms with Gasteiger partial charge in [-0.2, -0.15) is 23.3 Å². The molecule has 11 heteroatoms. The van der Waals surface area contributed by atoms with Gasteiger partial charge < -0.3 is 9.42 Å². The van der Waals surface area contributed by atoms with Crippen LogP contribution in [-0.2, 0) is 6.18 Å². The monoisotopic (exact) mass is 461 g/mol. The van der Waals surface area contributed by atoms with Crippen LogP contribution in [0.1, 0.15) is 35.7 Å². The number of aryl methyl sites for hydroxylation is 1. The van der Waals surface area contributed by atoms with Crippen LogP contribution in [0.15, 0.2) is 51.5 Å². The van der Waals surface area contributed by atoms with Crippen LogP contribution in [-0.4, -0.2) is 59.5 Å². The van der Waals surface area contributed by atoms with E-state index in [2.05, 4.69) is 33.9 Å². The molecule has 0 radical (unpaired) electrons. The number of rotatable bonds is 8. The zero-order valence-electron chi connectivity index (χ0n) is 18.3. The SMILES string of the molecule is C=CC(NC/N=C1/C(c2ccc(C(F)(F)F)cc2)CCCN1N=C)C1CN1c1nc(C)no1. The van der Waals surface area contributed by atoms with E-state index < -0.39 is 11.7 Å². The Labute approximate surface area is 189 Å². The first-order valence-corrected chi connectivity index (χ1v) is 10.7. The number of aliphatic imine (C=N–C) groups is 1. The molecule has 2 aliphatic rings. The van der Waals surface area contributed by atoms with Crippen LogP contribution in [0.2, 0.25) is 0 Å². The molecule has 3 unspecified atom stereocenters. The molecule has 2 aromatic rings. The molecule has 0 spiro atoms. The van der Waals surface area contributed by atoms with Gasteiger partial charge in [0.25, 0.3) is 0 Å². The fraction of sp³-hybridized carbons (Fsp3) is 0.455. The Kier molecular flexibility index (Phi) is 6.50. The van der Waals surface area contributed by atoms with Gasteiger partial charge in [-0.3, -0.25) is 15.3 Å². The lowest BCUT2D eigenvalue weighted by atomic mass is 9.89. The van der Waals surface area contributed by atoms with Crippen LogP contribution in [0.3, 0.4) is 0 Å². The molecule has 3 atom stereocenters. The highest BCUT2D eigenvalue weighted by atomic mass is 19.4. The molecular weight excluding hydrogens is 435 g/mol. The van der Waals surface area contributed by atoms with E-state index in [-0.39, 0.29) is 18.0 Å². The lowest BCUT2D eigenvalue weighted by Gasteiger charge is -2.32. The number of amidine groups is 1. The quantitative estimate of drug-likeness (QED) is 0.368. The summed E-state index contributed by atoms with van der Waals surface area (Å²) in [6.07, 6.45) is -0.941. The summed E-state index contributed by atoms with van der Waals surface area (Å²) in [5.74, 6) is 1.11. The normalized spacial score (nSPS) is 23.0. The summed E-state index contributed by atoms with van der Waals surface area (Å²) in [6, 6.07) is 5.82. The molecule has 1 aromatic heterocycles. The standard InChI is InChI=1S/C22H26F3N7O/c1-4-18(19-12-31(19)21-29-14(2)30-33-21)27-13-28-20-17(6-5-11-32(20)26-3)15-7-9-16(10-8-15)22(23,24)25/h4,7-10,17-19,27H,1,3,5-6,11-13H2,2H3/b28-20-. The summed E-state index contributed by atoms with van der Waals surface area (Å²) in [4.78, 5) is 10.9. The van der Waals surface area contributed by atoms with Crippen molar-refractivity contribution in [2.45, 2.75) is 43.9 Å². The zero-order chi connectivity index (χ0) is 23.6. The van der Waals surface area contributed by atoms with E-state index in [1.54, 1.807) is 11.9 Å². The van der Waals surface area contributed by atoms with E-state index in [9.17, 15) is 13.2 Å². The molecule has 33 heavy (non-hydrogen) atoms. The Morgan fingerprint density at radius 2 is 2.09 bits per heavy atom. The van der Waals surface area contributed by atoms with Crippen molar-refractivity contribution >= 4 is 18.6 Å². The van der Waals surface area contributed by atoms with Crippen LogP contribution >= 0.6 is 0 Å². The van der Waals surface area contributed by atoms with Crippen molar-refractivity contribution in [1.82, 2.24) is 20.5 Å². The smallest absolute Gasteiger partial charge is 0.316 e. The van der Waals surface area contributed by atoms with Gasteiger partial charge in [0, 0.05) is 31.8 Å². The summed E-state index contributed by atoms with van der Waals surface area (Å²) in [5, 5.41) is 13.0. The largest absolute Gasteiger partial charge is 0.416 e. The van der Waals surface area contributed by atoms with Gasteiger partial charge in [-0.25, -0.2) is 0 Å². The summed E-state index contributed by atoms with van der Waals surface area (Å²) in [7, 11) is 0. The summed E-state index contributed by atoms with van der Waals surface area (Å²) in [6.45, 7) is 11.0. The third-order valence-corrected chi connectivity index (χ3v) is 5.90. The number of aromatic nitrogens is 2. The van der Waals surface area contributed by atoms with Crippen LogP contribution in [0, 0.1) is 6.92 Å². The van der Waals surface area contributed by atoms with Crippen LogP contribution in [0.4, 0.5) is 19.2 Å². The number of anilines is 1. The molecule has 8 nitrogen and oxygen atoms in total. The van der Waals surface area contributed by atoms with Crippen molar-refractivity contribution in [3.05, 3.63) is 53.9 Å². The molecule has 0 amide bonds. The second-order valence-electron chi connectivity index (χ2n) is 8.06. The highest BCUT2D eigenvalue weighted by Crippen LogP contribution is 2.33. The minimum atomic E-state index is -4.36. The van der Waals surface area contributed by atoms with Crippen molar-refractivity contribution in [2.24, 2.45) is 10.1 Å². The topological polar surface area (TPSA) is 81.9 Å². The van der Waals surface area contributed by atoms with Gasteiger partial charge in [-0.05, 0) is 37.5 Å². The number of hydrogen-bond acceptors (Lipinski definition) is 7. The molecule has 4 rings (SSSR count). The summed E-state index contributed by atoms with van der Waals surface area (Å²) in [5.41, 5.74) is 0.107. The molecule has 3 heterocycles. The number of benzene rings is 1. The van der Waals surface area contributed by atoms with Crippen LogP contribution in [0.5, 0.6) is 0 Å². The Bertz CT molecular complexity index is 1020. The minimum absolute atomic E-state index is 0.0557. The molecule has 1 aromatic carbocycles. The molecule has 1 N–H and O–H groups in total. The van der Waals surface area contributed by atoms with Gasteiger partial charge >= 0.3 is 12.2 Å². The second-order valence-corrected chi connectivity index (χ2v) is 8.06. The van der Waals surface area contributed by atoms with E-state index in [4.69, 9.17) is 9.52 Å². The van der Waals surface area contributed by atoms with Crippen molar-refractivity contribution in [2.75, 3.05) is 24.7 Å². The number of nitrogens with zero attached hydrogens (tertiary/aromatic N) is 6. The first-order valence-electron chi connectivity index (χ1n) is 10.7. The summed E-state index contributed by atoms with van der Waals surface area (Å²) < 4.78 is 44.1. The van der Waals surface area contributed by atoms with Crippen LogP contribution in [0.25, 0.3) is 0 Å². The van der Waals surface area contributed by atoms with Crippen molar-refractivity contribution in [3.8, 4) is 0 Å².